The second-order valence-corrected chi connectivity index (χ2v) is 8.59. The lowest BCUT2D eigenvalue weighted by Gasteiger charge is -2.17. The highest BCUT2D eigenvalue weighted by molar-refractivity contribution is 7.92. The maximum Gasteiger partial charge on any atom is 0.261 e. The van der Waals surface area contributed by atoms with E-state index in [1.807, 2.05) is 31.2 Å². The van der Waals surface area contributed by atoms with Gasteiger partial charge in [0.25, 0.3) is 15.9 Å². The lowest BCUT2D eigenvalue weighted by molar-refractivity contribution is -0.123. The van der Waals surface area contributed by atoms with Crippen LogP contribution in [0.15, 0.2) is 77.7 Å². The number of ether oxygens (including phenoxy) is 2. The number of benzene rings is 3. The van der Waals surface area contributed by atoms with Crippen LogP contribution >= 0.6 is 0 Å². The number of carbonyl (C=O) groups excluding carboxylic acids is 1. The minimum atomic E-state index is -3.85. The quantitative estimate of drug-likeness (QED) is 0.507. The normalized spacial score (nSPS) is 12.0. The molecule has 3 rings (SSSR count). The van der Waals surface area contributed by atoms with Crippen molar-refractivity contribution in [2.45, 2.75) is 17.9 Å². The number of nitrogens with one attached hydrogen (secondary N) is 2. The van der Waals surface area contributed by atoms with Crippen molar-refractivity contribution in [2.24, 2.45) is 0 Å². The highest BCUT2D eigenvalue weighted by atomic mass is 32.2. The van der Waals surface area contributed by atoms with E-state index in [0.717, 1.165) is 17.7 Å². The van der Waals surface area contributed by atoms with Crippen molar-refractivity contribution in [3.63, 3.8) is 0 Å². The fraction of sp³-hybridized carbons (Fsp3) is 0.174. The number of para-hydroxylation sites is 1. The van der Waals surface area contributed by atoms with E-state index in [1.165, 1.54) is 36.4 Å². The van der Waals surface area contributed by atoms with E-state index in [2.05, 4.69) is 10.0 Å². The SMILES string of the molecule is COc1ccccc1[C@H](C)NC(=O)COc1ccc(S(=O)(=O)Nc2ccc(F)cc2)cc1. The summed E-state index contributed by atoms with van der Waals surface area (Å²) < 4.78 is 51.0. The average molecular weight is 459 g/mol. The lowest BCUT2D eigenvalue weighted by atomic mass is 10.1. The molecule has 3 aromatic carbocycles. The Balaban J connectivity index is 1.56. The van der Waals surface area contributed by atoms with Crippen LogP contribution in [-0.2, 0) is 14.8 Å². The van der Waals surface area contributed by atoms with Crippen LogP contribution in [0.3, 0.4) is 0 Å². The maximum absolute atomic E-state index is 13.0. The summed E-state index contributed by atoms with van der Waals surface area (Å²) >= 11 is 0. The van der Waals surface area contributed by atoms with Gasteiger partial charge in [-0.15, -0.1) is 0 Å². The van der Waals surface area contributed by atoms with E-state index < -0.39 is 15.8 Å². The van der Waals surface area contributed by atoms with Gasteiger partial charge in [0.15, 0.2) is 6.61 Å². The molecule has 0 saturated carbocycles. The van der Waals surface area contributed by atoms with Gasteiger partial charge in [0.2, 0.25) is 0 Å². The van der Waals surface area contributed by atoms with Crippen molar-refractivity contribution in [3.05, 3.63) is 84.2 Å². The summed E-state index contributed by atoms with van der Waals surface area (Å²) in [7, 11) is -2.28. The van der Waals surface area contributed by atoms with Gasteiger partial charge in [-0.3, -0.25) is 9.52 Å². The van der Waals surface area contributed by atoms with E-state index in [9.17, 15) is 17.6 Å². The highest BCUT2D eigenvalue weighted by Gasteiger charge is 2.16. The summed E-state index contributed by atoms with van der Waals surface area (Å²) in [4.78, 5) is 12.2. The number of amides is 1. The molecule has 0 fully saturated rings. The molecule has 0 spiro atoms. The maximum atomic E-state index is 13.0. The molecule has 1 amide bonds. The van der Waals surface area contributed by atoms with Crippen molar-refractivity contribution in [1.29, 1.82) is 0 Å². The second-order valence-electron chi connectivity index (χ2n) is 6.90. The van der Waals surface area contributed by atoms with Gasteiger partial charge in [0.05, 0.1) is 18.0 Å². The first-order valence-electron chi connectivity index (χ1n) is 9.72. The topological polar surface area (TPSA) is 93.7 Å². The van der Waals surface area contributed by atoms with Gasteiger partial charge in [-0.2, -0.15) is 0 Å². The van der Waals surface area contributed by atoms with Crippen molar-refractivity contribution in [1.82, 2.24) is 5.32 Å². The molecule has 2 N–H and O–H groups in total. The minimum Gasteiger partial charge on any atom is -0.496 e. The molecule has 168 valence electrons. The number of rotatable bonds is 9. The molecule has 0 aliphatic rings. The summed E-state index contributed by atoms with van der Waals surface area (Å²) in [5.41, 5.74) is 1.08. The summed E-state index contributed by atoms with van der Waals surface area (Å²) in [5, 5.41) is 2.83. The second kappa shape index (κ2) is 10.1. The van der Waals surface area contributed by atoms with E-state index in [-0.39, 0.29) is 29.1 Å². The van der Waals surface area contributed by atoms with Crippen LogP contribution in [0, 0.1) is 5.82 Å². The number of anilines is 1. The largest absolute Gasteiger partial charge is 0.496 e. The van der Waals surface area contributed by atoms with Gasteiger partial charge < -0.3 is 14.8 Å². The zero-order valence-corrected chi connectivity index (χ0v) is 18.4. The van der Waals surface area contributed by atoms with Crippen molar-refractivity contribution in [3.8, 4) is 11.5 Å². The number of carbonyl (C=O) groups is 1. The first kappa shape index (κ1) is 23.1. The number of methoxy groups -OCH3 is 1. The Bertz CT molecular complexity index is 1170. The molecular formula is C23H23FN2O5S. The Morgan fingerprint density at radius 3 is 2.31 bits per heavy atom. The minimum absolute atomic E-state index is 0.00317. The van der Waals surface area contributed by atoms with Crippen LogP contribution in [0.4, 0.5) is 10.1 Å². The van der Waals surface area contributed by atoms with E-state index in [0.29, 0.717) is 11.5 Å². The van der Waals surface area contributed by atoms with Crippen LogP contribution < -0.4 is 19.5 Å². The van der Waals surface area contributed by atoms with E-state index >= 15 is 0 Å². The number of hydrogen-bond acceptors (Lipinski definition) is 5. The molecule has 3 aromatic rings. The van der Waals surface area contributed by atoms with E-state index in [4.69, 9.17) is 9.47 Å². The summed E-state index contributed by atoms with van der Waals surface area (Å²) in [6.45, 7) is 1.60. The highest BCUT2D eigenvalue weighted by Crippen LogP contribution is 2.24. The van der Waals surface area contributed by atoms with Crippen LogP contribution in [0.25, 0.3) is 0 Å². The monoisotopic (exact) mass is 458 g/mol. The summed E-state index contributed by atoms with van der Waals surface area (Å²) in [6, 6.07) is 17.7. The summed E-state index contributed by atoms with van der Waals surface area (Å²) in [6.07, 6.45) is 0. The first-order valence-corrected chi connectivity index (χ1v) is 11.2. The molecule has 0 radical (unpaired) electrons. The number of hydrogen-bond donors (Lipinski definition) is 2. The third kappa shape index (κ3) is 5.98. The third-order valence-corrected chi connectivity index (χ3v) is 5.98. The Morgan fingerprint density at radius 2 is 1.66 bits per heavy atom. The lowest BCUT2D eigenvalue weighted by Crippen LogP contribution is -2.31. The van der Waals surface area contributed by atoms with Gasteiger partial charge in [0.1, 0.15) is 17.3 Å². The number of halogens is 1. The van der Waals surface area contributed by atoms with Crippen molar-refractivity contribution < 1.29 is 27.1 Å². The molecule has 0 aromatic heterocycles. The van der Waals surface area contributed by atoms with Gasteiger partial charge in [-0.05, 0) is 61.5 Å². The Hall–Kier alpha value is -3.59. The molecule has 0 aliphatic heterocycles. The van der Waals surface area contributed by atoms with Crippen LogP contribution in [0.1, 0.15) is 18.5 Å². The number of sulfonamides is 1. The summed E-state index contributed by atoms with van der Waals surface area (Å²) in [5.74, 6) is 0.215. The van der Waals surface area contributed by atoms with E-state index in [1.54, 1.807) is 7.11 Å². The molecule has 0 heterocycles. The fourth-order valence-corrected chi connectivity index (χ4v) is 4.04. The van der Waals surface area contributed by atoms with Crippen molar-refractivity contribution >= 4 is 21.6 Å². The zero-order valence-electron chi connectivity index (χ0n) is 17.5. The molecule has 0 saturated heterocycles. The van der Waals surface area contributed by atoms with Gasteiger partial charge in [-0.25, -0.2) is 12.8 Å². The van der Waals surface area contributed by atoms with Crippen LogP contribution in [0.5, 0.6) is 11.5 Å². The van der Waals surface area contributed by atoms with Gasteiger partial charge in [0, 0.05) is 11.3 Å². The smallest absolute Gasteiger partial charge is 0.261 e. The molecule has 0 unspecified atom stereocenters. The van der Waals surface area contributed by atoms with Crippen molar-refractivity contribution in [2.75, 3.05) is 18.4 Å². The van der Waals surface area contributed by atoms with Gasteiger partial charge in [-0.1, -0.05) is 18.2 Å². The predicted molar refractivity (Wildman–Crippen MR) is 119 cm³/mol. The Kier molecular flexibility index (Phi) is 7.32. The Labute approximate surface area is 186 Å². The zero-order chi connectivity index (χ0) is 23.1. The molecule has 32 heavy (non-hydrogen) atoms. The predicted octanol–water partition coefficient (Wildman–Crippen LogP) is 3.89. The molecule has 9 heteroatoms. The fourth-order valence-electron chi connectivity index (χ4n) is 2.98. The van der Waals surface area contributed by atoms with Crippen LogP contribution in [-0.4, -0.2) is 28.0 Å². The molecular weight excluding hydrogens is 435 g/mol. The molecule has 0 aliphatic carbocycles. The molecule has 0 bridgehead atoms. The van der Waals surface area contributed by atoms with Crippen LogP contribution in [0.2, 0.25) is 0 Å². The third-order valence-electron chi connectivity index (χ3n) is 4.58. The van der Waals surface area contributed by atoms with Gasteiger partial charge >= 0.3 is 0 Å². The average Bonchev–Trinajstić information content (AvgIpc) is 2.79. The standard InChI is InChI=1S/C23H23FN2O5S/c1-16(21-5-3-4-6-22(21)30-2)25-23(27)15-31-19-11-13-20(14-12-19)32(28,29)26-18-9-7-17(24)8-10-18/h3-14,16,26H,15H2,1-2H3,(H,25,27)/t16-/m0/s1. The first-order chi connectivity index (χ1) is 15.3. The Morgan fingerprint density at radius 1 is 1.00 bits per heavy atom. The molecule has 1 atom stereocenters. The molecule has 7 nitrogen and oxygen atoms in total.